The molecule has 11 heteroatoms. The summed E-state index contributed by atoms with van der Waals surface area (Å²) in [5.41, 5.74) is 0.238. The molecule has 0 amide bonds. The van der Waals surface area contributed by atoms with E-state index in [9.17, 15) is 35.4 Å². The highest BCUT2D eigenvalue weighted by Crippen LogP contribution is 2.44. The van der Waals surface area contributed by atoms with Crippen molar-refractivity contribution in [3.63, 3.8) is 0 Å². The van der Waals surface area contributed by atoms with E-state index in [1.165, 1.54) is 5.57 Å². The normalized spacial score (nSPS) is 41.9. The van der Waals surface area contributed by atoms with Gasteiger partial charge in [0, 0.05) is 6.42 Å². The summed E-state index contributed by atoms with van der Waals surface area (Å²) in [6.07, 6.45) is -7.67. The first-order valence-electron chi connectivity index (χ1n) is 12.1. The van der Waals surface area contributed by atoms with Gasteiger partial charge in [0.2, 0.25) is 0 Å². The van der Waals surface area contributed by atoms with E-state index in [1.807, 2.05) is 6.92 Å². The van der Waals surface area contributed by atoms with Crippen LogP contribution in [0, 0.1) is 5.41 Å². The van der Waals surface area contributed by atoms with Gasteiger partial charge in [-0.15, -0.1) is 0 Å². The zero-order valence-electron chi connectivity index (χ0n) is 20.8. The Balaban J connectivity index is 1.63. The lowest BCUT2D eigenvalue weighted by atomic mass is 9.70. The van der Waals surface area contributed by atoms with Gasteiger partial charge in [-0.05, 0) is 38.5 Å². The molecule has 2 heterocycles. The molecule has 2 aliphatic heterocycles. The number of carbonyl (C=O) groups is 1. The molecule has 11 nitrogen and oxygen atoms in total. The highest BCUT2D eigenvalue weighted by molar-refractivity contribution is 5.75. The van der Waals surface area contributed by atoms with Gasteiger partial charge in [-0.25, -0.2) is 0 Å². The largest absolute Gasteiger partial charge is 0.393 e. The van der Waals surface area contributed by atoms with E-state index in [-0.39, 0.29) is 30.5 Å². The molecule has 3 aliphatic rings. The fraction of sp³-hybridized carbons (Fsp3) is 0.875. The van der Waals surface area contributed by atoms with Crippen LogP contribution in [0.5, 0.6) is 0 Å². The Kier molecular flexibility index (Phi) is 9.13. The van der Waals surface area contributed by atoms with Crippen LogP contribution >= 0.6 is 0 Å². The highest BCUT2D eigenvalue weighted by atomic mass is 16.7. The van der Waals surface area contributed by atoms with Gasteiger partial charge in [0.1, 0.15) is 41.9 Å². The van der Waals surface area contributed by atoms with Crippen molar-refractivity contribution in [3.8, 4) is 0 Å². The number of Topliss-reactive ketones (excluding diaryl/α,β-unsaturated/α-hetero) is 1. The second-order valence-electron chi connectivity index (χ2n) is 10.7. The molecule has 6 N–H and O–H groups in total. The molecule has 0 unspecified atom stereocenters. The third-order valence-electron chi connectivity index (χ3n) is 7.33. The molecule has 0 radical (unpaired) electrons. The maximum absolute atomic E-state index is 11.5. The number of hydrogen-bond acceptors (Lipinski definition) is 11. The van der Waals surface area contributed by atoms with Crippen LogP contribution in [-0.4, -0.2) is 111 Å². The van der Waals surface area contributed by atoms with Gasteiger partial charge < -0.3 is 54.4 Å². The van der Waals surface area contributed by atoms with Crippen molar-refractivity contribution < 1.29 is 54.4 Å². The van der Waals surface area contributed by atoms with Gasteiger partial charge in [0.05, 0.1) is 25.9 Å². The van der Waals surface area contributed by atoms with E-state index in [2.05, 4.69) is 13.8 Å². The predicted octanol–water partition coefficient (Wildman–Crippen LogP) is -0.858. The Hall–Kier alpha value is -0.990. The second-order valence-corrected chi connectivity index (χ2v) is 10.7. The smallest absolute Gasteiger partial charge is 0.186 e. The van der Waals surface area contributed by atoms with Crippen LogP contribution in [0.3, 0.4) is 0 Å². The van der Waals surface area contributed by atoms with Crippen LogP contribution in [0.2, 0.25) is 0 Å². The molecule has 202 valence electrons. The Morgan fingerprint density at radius 2 is 1.80 bits per heavy atom. The van der Waals surface area contributed by atoms with Gasteiger partial charge in [0.15, 0.2) is 12.6 Å². The Labute approximate surface area is 205 Å². The average molecular weight is 505 g/mol. The molecule has 2 saturated heterocycles. The van der Waals surface area contributed by atoms with Crippen molar-refractivity contribution in [3.05, 3.63) is 11.1 Å². The summed E-state index contributed by atoms with van der Waals surface area (Å²) < 4.78 is 22.4. The monoisotopic (exact) mass is 504 g/mol. The lowest BCUT2D eigenvalue weighted by Gasteiger charge is -2.44. The number of ether oxygens (including phenoxy) is 4. The molecule has 0 aromatic heterocycles. The fourth-order valence-electron chi connectivity index (χ4n) is 5.24. The molecule has 2 fully saturated rings. The number of hydrogen-bond donors (Lipinski definition) is 6. The van der Waals surface area contributed by atoms with E-state index in [1.54, 1.807) is 6.92 Å². The maximum Gasteiger partial charge on any atom is 0.186 e. The first kappa shape index (κ1) is 28.6. The van der Waals surface area contributed by atoms with Crippen molar-refractivity contribution in [2.45, 2.75) is 108 Å². The standard InChI is InChI=1S/C24H40O11/c1-12-7-14(8-23(3,4)15(12)6-5-13(2)26)34-21-19(29)18(28)17(27)16(35-21)9-32-22-20(30)24(31,10-25)11-33-22/h14,16-22,25,27-31H,5-11H2,1-4H3/t14-,16-,17-,18+,19-,20+,21-,22-,24+/m1/s1. The molecule has 0 saturated carbocycles. The maximum atomic E-state index is 11.5. The highest BCUT2D eigenvalue weighted by Gasteiger charge is 2.50. The molecule has 0 aromatic rings. The molecule has 1 aliphatic carbocycles. The summed E-state index contributed by atoms with van der Waals surface area (Å²) in [6.45, 7) is 6.34. The van der Waals surface area contributed by atoms with Gasteiger partial charge in [0.25, 0.3) is 0 Å². The van der Waals surface area contributed by atoms with Crippen LogP contribution in [0.1, 0.15) is 53.4 Å². The van der Waals surface area contributed by atoms with Crippen molar-refractivity contribution in [2.24, 2.45) is 5.41 Å². The van der Waals surface area contributed by atoms with Crippen molar-refractivity contribution in [1.82, 2.24) is 0 Å². The summed E-state index contributed by atoms with van der Waals surface area (Å²) in [6, 6.07) is 0. The van der Waals surface area contributed by atoms with Crippen molar-refractivity contribution in [2.75, 3.05) is 19.8 Å². The first-order valence-corrected chi connectivity index (χ1v) is 12.1. The molecule has 35 heavy (non-hydrogen) atoms. The molecule has 9 atom stereocenters. The molecule has 0 spiro atoms. The predicted molar refractivity (Wildman–Crippen MR) is 121 cm³/mol. The van der Waals surface area contributed by atoms with Gasteiger partial charge in [-0.3, -0.25) is 0 Å². The minimum Gasteiger partial charge on any atom is -0.393 e. The van der Waals surface area contributed by atoms with Crippen LogP contribution in [-0.2, 0) is 23.7 Å². The number of carbonyl (C=O) groups excluding carboxylic acids is 1. The van der Waals surface area contributed by atoms with E-state index < -0.39 is 55.3 Å². The molecule has 0 bridgehead atoms. The molecular weight excluding hydrogens is 464 g/mol. The summed E-state index contributed by atoms with van der Waals surface area (Å²) >= 11 is 0. The van der Waals surface area contributed by atoms with Crippen LogP contribution < -0.4 is 0 Å². The number of aliphatic hydroxyl groups is 6. The Morgan fingerprint density at radius 1 is 1.11 bits per heavy atom. The molecular formula is C24H40O11. The van der Waals surface area contributed by atoms with E-state index in [4.69, 9.17) is 18.9 Å². The summed E-state index contributed by atoms with van der Waals surface area (Å²) in [5, 5.41) is 60.7. The third-order valence-corrected chi connectivity index (χ3v) is 7.33. The Morgan fingerprint density at radius 3 is 2.37 bits per heavy atom. The van der Waals surface area contributed by atoms with Crippen LogP contribution in [0.15, 0.2) is 11.1 Å². The lowest BCUT2D eigenvalue weighted by molar-refractivity contribution is -0.320. The zero-order chi connectivity index (χ0) is 26.1. The number of rotatable bonds is 9. The molecule has 0 aromatic carbocycles. The SMILES string of the molecule is CC(=O)CCC1=C(C)C[C@@H](O[C@@H]2O[C@H](CO[C@@H]3OC[C@@](O)(CO)[C@H]3O)[C@@H](O)[C@H](O)[C@H]2O)CC1(C)C. The van der Waals surface area contributed by atoms with Crippen LogP contribution in [0.25, 0.3) is 0 Å². The zero-order valence-corrected chi connectivity index (χ0v) is 20.8. The van der Waals surface area contributed by atoms with Crippen molar-refractivity contribution in [1.29, 1.82) is 0 Å². The molecule has 3 rings (SSSR count). The number of aliphatic hydroxyl groups excluding tert-OH is 5. The Bertz CT molecular complexity index is 783. The van der Waals surface area contributed by atoms with Gasteiger partial charge in [-0.1, -0.05) is 25.0 Å². The van der Waals surface area contributed by atoms with Crippen LogP contribution in [0.4, 0.5) is 0 Å². The quantitative estimate of drug-likeness (QED) is 0.216. The van der Waals surface area contributed by atoms with E-state index >= 15 is 0 Å². The van der Waals surface area contributed by atoms with Gasteiger partial charge >= 0.3 is 0 Å². The lowest BCUT2D eigenvalue weighted by Crippen LogP contribution is -2.60. The average Bonchev–Trinajstić information content (AvgIpc) is 3.06. The van der Waals surface area contributed by atoms with Crippen molar-refractivity contribution >= 4 is 5.78 Å². The second kappa shape index (κ2) is 11.2. The van der Waals surface area contributed by atoms with Gasteiger partial charge in [-0.2, -0.15) is 0 Å². The number of allylic oxidation sites excluding steroid dienone is 1. The minimum absolute atomic E-state index is 0.135. The summed E-state index contributed by atoms with van der Waals surface area (Å²) in [5.74, 6) is 0.135. The fourth-order valence-corrected chi connectivity index (χ4v) is 5.24. The summed E-state index contributed by atoms with van der Waals surface area (Å²) in [7, 11) is 0. The first-order chi connectivity index (χ1) is 16.3. The number of ketones is 1. The third kappa shape index (κ3) is 6.30. The summed E-state index contributed by atoms with van der Waals surface area (Å²) in [4.78, 5) is 11.5. The minimum atomic E-state index is -1.86. The van der Waals surface area contributed by atoms with E-state index in [0.717, 1.165) is 5.57 Å². The van der Waals surface area contributed by atoms with E-state index in [0.29, 0.717) is 25.7 Å². The topological polar surface area (TPSA) is 175 Å².